The average molecular weight is 405 g/mol. The van der Waals surface area contributed by atoms with Crippen molar-refractivity contribution in [1.82, 2.24) is 9.88 Å². The molecule has 0 amide bonds. The Balaban J connectivity index is 1.62. The van der Waals surface area contributed by atoms with Crippen molar-refractivity contribution in [3.63, 3.8) is 0 Å². The molecule has 2 atom stereocenters. The number of likely N-dealkylation sites (N-methyl/N-ethyl adjacent to an activating group) is 1. The predicted molar refractivity (Wildman–Crippen MR) is 120 cm³/mol. The molecule has 0 radical (unpaired) electrons. The maximum absolute atomic E-state index is 12.5. The SMILES string of the molecule is C[C@@H]1CN(c2ccc(C(=O)C=Cc3ccc(C=CC(=O)O)nc3)cc2)C[C@H](C)N1C. The van der Waals surface area contributed by atoms with Crippen LogP contribution in [0.4, 0.5) is 5.69 Å². The minimum atomic E-state index is -1.02. The van der Waals surface area contributed by atoms with Gasteiger partial charge in [0.2, 0.25) is 0 Å². The number of anilines is 1. The van der Waals surface area contributed by atoms with Crippen molar-refractivity contribution in [3.05, 3.63) is 71.6 Å². The van der Waals surface area contributed by atoms with Gasteiger partial charge in [-0.2, -0.15) is 0 Å². The number of carbonyl (C=O) groups is 2. The summed E-state index contributed by atoms with van der Waals surface area (Å²) in [4.78, 5) is 31.9. The van der Waals surface area contributed by atoms with Gasteiger partial charge in [-0.25, -0.2) is 4.79 Å². The van der Waals surface area contributed by atoms with Gasteiger partial charge in [-0.1, -0.05) is 6.07 Å². The second-order valence-electron chi connectivity index (χ2n) is 7.70. The number of carboxylic acid groups (broad SMARTS) is 1. The normalized spacial score (nSPS) is 20.2. The Hall–Kier alpha value is -3.25. The summed E-state index contributed by atoms with van der Waals surface area (Å²) in [5, 5.41) is 8.64. The van der Waals surface area contributed by atoms with Crippen molar-refractivity contribution in [2.75, 3.05) is 25.0 Å². The quantitative estimate of drug-likeness (QED) is 0.585. The summed E-state index contributed by atoms with van der Waals surface area (Å²) in [6, 6.07) is 12.2. The van der Waals surface area contributed by atoms with Gasteiger partial charge < -0.3 is 10.0 Å². The van der Waals surface area contributed by atoms with Crippen molar-refractivity contribution in [1.29, 1.82) is 0 Å². The number of carbonyl (C=O) groups excluding carboxylic acids is 1. The highest BCUT2D eigenvalue weighted by atomic mass is 16.4. The highest BCUT2D eigenvalue weighted by Gasteiger charge is 2.26. The van der Waals surface area contributed by atoms with Crippen LogP contribution in [0.2, 0.25) is 0 Å². The van der Waals surface area contributed by atoms with Crippen molar-refractivity contribution >= 4 is 29.6 Å². The molecular weight excluding hydrogens is 378 g/mol. The minimum Gasteiger partial charge on any atom is -0.478 e. The van der Waals surface area contributed by atoms with E-state index in [-0.39, 0.29) is 5.78 Å². The van der Waals surface area contributed by atoms with Gasteiger partial charge >= 0.3 is 5.97 Å². The molecule has 1 aromatic carbocycles. The van der Waals surface area contributed by atoms with Gasteiger partial charge in [-0.3, -0.25) is 14.7 Å². The molecule has 0 unspecified atom stereocenters. The topological polar surface area (TPSA) is 73.7 Å². The van der Waals surface area contributed by atoms with Crippen molar-refractivity contribution < 1.29 is 14.7 Å². The number of hydrogen-bond acceptors (Lipinski definition) is 5. The Bertz CT molecular complexity index is 937. The molecule has 2 aromatic rings. The number of pyridine rings is 1. The number of nitrogens with zero attached hydrogens (tertiary/aromatic N) is 3. The van der Waals surface area contributed by atoms with E-state index in [0.717, 1.165) is 30.4 Å². The molecule has 156 valence electrons. The summed E-state index contributed by atoms with van der Waals surface area (Å²) in [7, 11) is 2.16. The van der Waals surface area contributed by atoms with Crippen LogP contribution in [0.1, 0.15) is 35.5 Å². The number of aliphatic carboxylic acids is 1. The van der Waals surface area contributed by atoms with Gasteiger partial charge in [0.15, 0.2) is 5.78 Å². The van der Waals surface area contributed by atoms with E-state index in [9.17, 15) is 9.59 Å². The number of hydrogen-bond donors (Lipinski definition) is 1. The molecule has 0 aliphatic carbocycles. The first-order chi connectivity index (χ1) is 14.3. The van der Waals surface area contributed by atoms with E-state index in [0.29, 0.717) is 23.3 Å². The summed E-state index contributed by atoms with van der Waals surface area (Å²) in [5.74, 6) is -1.09. The van der Waals surface area contributed by atoms with Crippen molar-refractivity contribution in [3.8, 4) is 0 Å². The largest absolute Gasteiger partial charge is 0.478 e. The molecule has 0 bridgehead atoms. The van der Waals surface area contributed by atoms with E-state index in [4.69, 9.17) is 5.11 Å². The van der Waals surface area contributed by atoms with Gasteiger partial charge in [0.25, 0.3) is 0 Å². The zero-order valence-electron chi connectivity index (χ0n) is 17.5. The van der Waals surface area contributed by atoms with Gasteiger partial charge in [-0.15, -0.1) is 0 Å². The molecule has 0 saturated carbocycles. The Morgan fingerprint density at radius 2 is 1.67 bits per heavy atom. The number of aromatic nitrogens is 1. The highest BCUT2D eigenvalue weighted by molar-refractivity contribution is 6.07. The van der Waals surface area contributed by atoms with Crippen LogP contribution >= 0.6 is 0 Å². The fourth-order valence-corrected chi connectivity index (χ4v) is 3.49. The molecule has 6 nitrogen and oxygen atoms in total. The highest BCUT2D eigenvalue weighted by Crippen LogP contribution is 2.22. The average Bonchev–Trinajstić information content (AvgIpc) is 2.74. The maximum atomic E-state index is 12.5. The zero-order valence-corrected chi connectivity index (χ0v) is 17.5. The third-order valence-electron chi connectivity index (χ3n) is 5.51. The van der Waals surface area contributed by atoms with Crippen LogP contribution in [0, 0.1) is 0 Å². The molecule has 30 heavy (non-hydrogen) atoms. The van der Waals surface area contributed by atoms with E-state index in [2.05, 4.69) is 35.7 Å². The molecule has 1 aromatic heterocycles. The number of piperazine rings is 1. The van der Waals surface area contributed by atoms with E-state index in [1.807, 2.05) is 24.3 Å². The molecule has 2 heterocycles. The Labute approximate surface area is 177 Å². The fraction of sp³-hybridized carbons (Fsp3) is 0.292. The standard InChI is InChI=1S/C24H27N3O3/c1-17-15-27(16-18(2)26(17)3)22-10-6-20(7-11-22)23(28)12-5-19-4-8-21(25-14-19)9-13-24(29)30/h4-14,17-18H,15-16H2,1-3H3,(H,29,30)/t17-,18+. The number of ketones is 1. The number of carboxylic acids is 1. The van der Waals surface area contributed by atoms with Crippen LogP contribution in [0.25, 0.3) is 12.2 Å². The smallest absolute Gasteiger partial charge is 0.328 e. The van der Waals surface area contributed by atoms with E-state index >= 15 is 0 Å². The minimum absolute atomic E-state index is 0.0727. The third kappa shape index (κ3) is 5.42. The van der Waals surface area contributed by atoms with Gasteiger partial charge in [0.05, 0.1) is 5.69 Å². The summed E-state index contributed by atoms with van der Waals surface area (Å²) >= 11 is 0. The van der Waals surface area contributed by atoms with Gasteiger partial charge in [0.1, 0.15) is 0 Å². The molecular formula is C24H27N3O3. The van der Waals surface area contributed by atoms with Crippen LogP contribution in [0.3, 0.4) is 0 Å². The molecule has 1 aliphatic rings. The second kappa shape index (κ2) is 9.50. The molecule has 3 rings (SSSR count). The predicted octanol–water partition coefficient (Wildman–Crippen LogP) is 3.60. The second-order valence-corrected chi connectivity index (χ2v) is 7.70. The lowest BCUT2D eigenvalue weighted by atomic mass is 10.1. The Morgan fingerprint density at radius 3 is 2.23 bits per heavy atom. The molecule has 0 spiro atoms. The molecule has 1 aliphatic heterocycles. The lowest BCUT2D eigenvalue weighted by Gasteiger charge is -2.43. The maximum Gasteiger partial charge on any atom is 0.328 e. The summed E-state index contributed by atoms with van der Waals surface area (Å²) < 4.78 is 0. The third-order valence-corrected chi connectivity index (χ3v) is 5.51. The molecule has 1 fully saturated rings. The van der Waals surface area contributed by atoms with Crippen molar-refractivity contribution in [2.45, 2.75) is 25.9 Å². The summed E-state index contributed by atoms with van der Waals surface area (Å²) in [6.45, 7) is 6.40. The number of rotatable bonds is 6. The van der Waals surface area contributed by atoms with E-state index < -0.39 is 5.97 Å². The zero-order chi connectivity index (χ0) is 21.7. The van der Waals surface area contributed by atoms with Gasteiger partial charge in [-0.05, 0) is 75.0 Å². The van der Waals surface area contributed by atoms with Crippen LogP contribution in [-0.2, 0) is 4.79 Å². The molecule has 1 N–H and O–H groups in total. The molecule has 6 heteroatoms. The first kappa shape index (κ1) is 21.5. The lowest BCUT2D eigenvalue weighted by Crippen LogP contribution is -2.55. The first-order valence-corrected chi connectivity index (χ1v) is 10.00. The summed E-state index contributed by atoms with van der Waals surface area (Å²) in [5.41, 5.74) is 3.09. The fourth-order valence-electron chi connectivity index (χ4n) is 3.49. The molecule has 1 saturated heterocycles. The van der Waals surface area contributed by atoms with Crippen LogP contribution in [0.5, 0.6) is 0 Å². The van der Waals surface area contributed by atoms with Crippen LogP contribution in [0.15, 0.2) is 54.7 Å². The van der Waals surface area contributed by atoms with Gasteiger partial charge in [0, 0.05) is 48.7 Å². The van der Waals surface area contributed by atoms with Crippen molar-refractivity contribution in [2.24, 2.45) is 0 Å². The number of allylic oxidation sites excluding steroid dienone is 1. The summed E-state index contributed by atoms with van der Waals surface area (Å²) in [6.07, 6.45) is 7.29. The Kier molecular flexibility index (Phi) is 6.79. The van der Waals surface area contributed by atoms with E-state index in [1.165, 1.54) is 12.2 Å². The lowest BCUT2D eigenvalue weighted by molar-refractivity contribution is -0.131. The monoisotopic (exact) mass is 405 g/mol. The van der Waals surface area contributed by atoms with Crippen LogP contribution < -0.4 is 4.90 Å². The van der Waals surface area contributed by atoms with E-state index in [1.54, 1.807) is 24.4 Å². The number of benzene rings is 1. The Morgan fingerprint density at radius 1 is 1.00 bits per heavy atom. The van der Waals surface area contributed by atoms with Crippen LogP contribution in [-0.4, -0.2) is 59.0 Å². The first-order valence-electron chi connectivity index (χ1n) is 10.00.